The highest BCUT2D eigenvalue weighted by molar-refractivity contribution is 5.79. The van der Waals surface area contributed by atoms with Crippen molar-refractivity contribution in [3.63, 3.8) is 0 Å². The van der Waals surface area contributed by atoms with Crippen LogP contribution in [0.3, 0.4) is 0 Å². The number of nitrogens with zero attached hydrogens (tertiary/aromatic N) is 1. The molecule has 0 aromatic rings. The van der Waals surface area contributed by atoms with Crippen LogP contribution in [0.4, 0.5) is 0 Å². The first-order valence-corrected chi connectivity index (χ1v) is 11.2. The number of fused-ring (bicyclic) bond motifs is 5. The summed E-state index contributed by atoms with van der Waals surface area (Å²) < 4.78 is 0. The highest BCUT2D eigenvalue weighted by atomic mass is 16.7. The first kappa shape index (κ1) is 19.7. The van der Waals surface area contributed by atoms with E-state index in [9.17, 15) is 9.90 Å². The zero-order chi connectivity index (χ0) is 19.6. The van der Waals surface area contributed by atoms with Gasteiger partial charge in [-0.25, -0.2) is 5.06 Å². The average molecular weight is 378 g/mol. The lowest BCUT2D eigenvalue weighted by Gasteiger charge is -2.61. The van der Waals surface area contributed by atoms with Crippen LogP contribution >= 0.6 is 0 Å². The smallest absolute Gasteiger partial charge is 0.249 e. The Balaban J connectivity index is 1.57. The first-order chi connectivity index (χ1) is 12.6. The molecule has 0 bridgehead atoms. The molecule has 0 heterocycles. The SMILES string of the molecule is CON(C)C(=O)[C@H]1CC[C@H]2C3CCC4C[C@](C)(O)CCC4(C)[C@H]3CCC12C. The van der Waals surface area contributed by atoms with E-state index in [2.05, 4.69) is 13.8 Å². The molecule has 4 unspecified atom stereocenters. The lowest BCUT2D eigenvalue weighted by atomic mass is 9.44. The van der Waals surface area contributed by atoms with Gasteiger partial charge in [0.1, 0.15) is 0 Å². The number of hydrogen-bond acceptors (Lipinski definition) is 3. The van der Waals surface area contributed by atoms with Crippen molar-refractivity contribution in [2.75, 3.05) is 14.2 Å². The molecule has 0 spiro atoms. The van der Waals surface area contributed by atoms with Crippen LogP contribution in [0.2, 0.25) is 0 Å². The number of amides is 1. The van der Waals surface area contributed by atoms with E-state index in [1.807, 2.05) is 6.92 Å². The summed E-state index contributed by atoms with van der Waals surface area (Å²) in [7, 11) is 3.34. The summed E-state index contributed by atoms with van der Waals surface area (Å²) in [4.78, 5) is 18.2. The molecular formula is C23H39NO3. The molecule has 0 aliphatic heterocycles. The zero-order valence-electron chi connectivity index (χ0n) is 18.0. The van der Waals surface area contributed by atoms with Crippen molar-refractivity contribution in [3.8, 4) is 0 Å². The second-order valence-corrected chi connectivity index (χ2v) is 11.1. The van der Waals surface area contributed by atoms with Crippen LogP contribution < -0.4 is 0 Å². The lowest BCUT2D eigenvalue weighted by Crippen LogP contribution is -2.56. The van der Waals surface area contributed by atoms with E-state index in [0.29, 0.717) is 17.3 Å². The van der Waals surface area contributed by atoms with Crippen molar-refractivity contribution < 1.29 is 14.7 Å². The van der Waals surface area contributed by atoms with Gasteiger partial charge in [-0.2, -0.15) is 0 Å². The largest absolute Gasteiger partial charge is 0.390 e. The van der Waals surface area contributed by atoms with Gasteiger partial charge in [-0.15, -0.1) is 0 Å². The Labute approximate surface area is 165 Å². The summed E-state index contributed by atoms with van der Waals surface area (Å²) >= 11 is 0. The van der Waals surface area contributed by atoms with E-state index in [-0.39, 0.29) is 17.2 Å². The molecule has 0 aromatic carbocycles. The van der Waals surface area contributed by atoms with E-state index in [1.54, 1.807) is 14.2 Å². The van der Waals surface area contributed by atoms with Gasteiger partial charge in [-0.1, -0.05) is 13.8 Å². The van der Waals surface area contributed by atoms with Crippen LogP contribution in [0.5, 0.6) is 0 Å². The van der Waals surface area contributed by atoms with Crippen LogP contribution in [-0.4, -0.2) is 35.8 Å². The van der Waals surface area contributed by atoms with Crippen LogP contribution in [-0.2, 0) is 9.63 Å². The molecule has 4 aliphatic rings. The molecule has 154 valence electrons. The van der Waals surface area contributed by atoms with Crippen molar-refractivity contribution in [3.05, 3.63) is 0 Å². The molecule has 27 heavy (non-hydrogen) atoms. The van der Waals surface area contributed by atoms with Gasteiger partial charge in [0.25, 0.3) is 0 Å². The maximum Gasteiger partial charge on any atom is 0.249 e. The van der Waals surface area contributed by atoms with Gasteiger partial charge in [-0.05, 0) is 99.2 Å². The van der Waals surface area contributed by atoms with E-state index in [4.69, 9.17) is 4.84 Å². The number of carbonyl (C=O) groups is 1. The van der Waals surface area contributed by atoms with Crippen LogP contribution in [0, 0.1) is 40.4 Å². The van der Waals surface area contributed by atoms with Crippen LogP contribution in [0.1, 0.15) is 78.6 Å². The van der Waals surface area contributed by atoms with Gasteiger partial charge in [0, 0.05) is 13.0 Å². The van der Waals surface area contributed by atoms with Crippen molar-refractivity contribution in [2.24, 2.45) is 40.4 Å². The molecule has 4 nitrogen and oxygen atoms in total. The van der Waals surface area contributed by atoms with Gasteiger partial charge < -0.3 is 5.11 Å². The first-order valence-electron chi connectivity index (χ1n) is 11.2. The molecule has 4 saturated carbocycles. The number of hydrogen-bond donors (Lipinski definition) is 1. The Morgan fingerprint density at radius 3 is 2.37 bits per heavy atom. The van der Waals surface area contributed by atoms with Gasteiger partial charge >= 0.3 is 0 Å². The predicted molar refractivity (Wildman–Crippen MR) is 106 cm³/mol. The van der Waals surface area contributed by atoms with Crippen LogP contribution in [0.25, 0.3) is 0 Å². The summed E-state index contributed by atoms with van der Waals surface area (Å²) in [6.07, 6.45) is 10.3. The number of rotatable bonds is 2. The van der Waals surface area contributed by atoms with Crippen molar-refractivity contribution in [1.82, 2.24) is 5.06 Å². The quantitative estimate of drug-likeness (QED) is 0.725. The molecule has 8 atom stereocenters. The summed E-state index contributed by atoms with van der Waals surface area (Å²) in [5.41, 5.74) is 0.0576. The molecule has 0 saturated heterocycles. The zero-order valence-corrected chi connectivity index (χ0v) is 18.0. The third-order valence-corrected chi connectivity index (χ3v) is 9.84. The van der Waals surface area contributed by atoms with Crippen molar-refractivity contribution >= 4 is 5.91 Å². The van der Waals surface area contributed by atoms with Crippen molar-refractivity contribution in [2.45, 2.75) is 84.2 Å². The molecule has 1 amide bonds. The summed E-state index contributed by atoms with van der Waals surface area (Å²) in [6, 6.07) is 0. The topological polar surface area (TPSA) is 49.8 Å². The second-order valence-electron chi connectivity index (χ2n) is 11.1. The summed E-state index contributed by atoms with van der Waals surface area (Å²) in [5, 5.41) is 12.1. The van der Waals surface area contributed by atoms with Crippen molar-refractivity contribution in [1.29, 1.82) is 0 Å². The Kier molecular flexibility index (Phi) is 4.71. The predicted octanol–water partition coefficient (Wildman–Crippen LogP) is 4.42. The van der Waals surface area contributed by atoms with E-state index in [0.717, 1.165) is 31.1 Å². The Morgan fingerprint density at radius 1 is 0.963 bits per heavy atom. The minimum absolute atomic E-state index is 0.117. The van der Waals surface area contributed by atoms with E-state index >= 15 is 0 Å². The standard InChI is InChI=1S/C23H39NO3/c1-21(26)12-13-22(2)15(14-21)6-7-16-17-8-9-19(20(25)24(4)27-5)23(17,3)11-10-18(16)22/h15-19,26H,6-14H2,1-5H3/t15?,16?,17-,18-,19+,21+,22?,23?/m0/s1. The monoisotopic (exact) mass is 377 g/mol. The average Bonchev–Trinajstić information content (AvgIpc) is 2.98. The third-order valence-electron chi connectivity index (χ3n) is 9.84. The minimum Gasteiger partial charge on any atom is -0.390 e. The van der Waals surface area contributed by atoms with E-state index in [1.165, 1.54) is 43.6 Å². The molecule has 4 rings (SSSR count). The summed E-state index contributed by atoms with van der Waals surface area (Å²) in [6.45, 7) is 6.96. The molecule has 4 fully saturated rings. The fourth-order valence-corrected chi connectivity index (χ4v) is 8.15. The third kappa shape index (κ3) is 2.88. The van der Waals surface area contributed by atoms with Gasteiger partial charge in [0.15, 0.2) is 0 Å². The van der Waals surface area contributed by atoms with Gasteiger partial charge in [0.2, 0.25) is 5.91 Å². The second kappa shape index (κ2) is 6.45. The van der Waals surface area contributed by atoms with Gasteiger partial charge in [-0.3, -0.25) is 9.63 Å². The molecule has 0 aromatic heterocycles. The minimum atomic E-state index is -0.462. The summed E-state index contributed by atoms with van der Waals surface area (Å²) in [5.74, 6) is 3.18. The lowest BCUT2D eigenvalue weighted by molar-refractivity contribution is -0.182. The fraction of sp³-hybridized carbons (Fsp3) is 0.957. The highest BCUT2D eigenvalue weighted by Crippen LogP contribution is 2.68. The normalized spacial score (nSPS) is 51.9. The van der Waals surface area contributed by atoms with Crippen LogP contribution in [0.15, 0.2) is 0 Å². The maximum atomic E-state index is 12.9. The Morgan fingerprint density at radius 2 is 1.67 bits per heavy atom. The molecule has 1 N–H and O–H groups in total. The van der Waals surface area contributed by atoms with E-state index < -0.39 is 5.60 Å². The highest BCUT2D eigenvalue weighted by Gasteiger charge is 2.62. The number of aliphatic hydroxyl groups is 1. The Hall–Kier alpha value is -0.610. The number of hydroxylamine groups is 2. The fourth-order valence-electron chi connectivity index (χ4n) is 8.15. The molecule has 4 aliphatic carbocycles. The molecule has 4 heteroatoms. The molecular weight excluding hydrogens is 338 g/mol. The van der Waals surface area contributed by atoms with Gasteiger partial charge in [0.05, 0.1) is 12.7 Å². The molecule has 0 radical (unpaired) electrons. The number of carbonyl (C=O) groups excluding carboxylic acids is 1. The Bertz CT molecular complexity index is 604. The maximum absolute atomic E-state index is 12.9.